The summed E-state index contributed by atoms with van der Waals surface area (Å²) in [5.74, 6) is 4.62. The molecule has 5 aromatic rings. The van der Waals surface area contributed by atoms with Crippen LogP contribution in [0.2, 0.25) is 0 Å². The highest BCUT2D eigenvalue weighted by atomic mass is 16.3. The molecule has 2 spiro atoms. The molecule has 50 heavy (non-hydrogen) atoms. The van der Waals surface area contributed by atoms with Crippen LogP contribution < -0.4 is 4.90 Å². The third-order valence-corrected chi connectivity index (χ3v) is 16.1. The molecule has 4 aromatic carbocycles. The van der Waals surface area contributed by atoms with Gasteiger partial charge in [0.1, 0.15) is 11.2 Å². The number of hydrogen-bond acceptors (Lipinski definition) is 2. The lowest BCUT2D eigenvalue weighted by Crippen LogP contribution is -2.75. The van der Waals surface area contributed by atoms with Crippen molar-refractivity contribution in [1.82, 2.24) is 0 Å². The average molecular weight is 654 g/mol. The monoisotopic (exact) mass is 653 g/mol. The Morgan fingerprint density at radius 2 is 1.50 bits per heavy atom. The summed E-state index contributed by atoms with van der Waals surface area (Å²) >= 11 is 0. The van der Waals surface area contributed by atoms with Crippen LogP contribution in [0, 0.1) is 35.0 Å². The van der Waals surface area contributed by atoms with Crippen LogP contribution in [0.1, 0.15) is 94.4 Å². The number of hydrogen-bond donors (Lipinski definition) is 0. The Hall–Kier alpha value is -4.04. The molecule has 0 N–H and O–H groups in total. The minimum atomic E-state index is 0.128. The fraction of sp³-hybridized carbons (Fsp3) is 0.417. The molecule has 2 heteroatoms. The van der Waals surface area contributed by atoms with Gasteiger partial charge in [-0.15, -0.1) is 0 Å². The predicted molar refractivity (Wildman–Crippen MR) is 204 cm³/mol. The average Bonchev–Trinajstić information content (AvgIpc) is 3.85. The highest BCUT2D eigenvalue weighted by Crippen LogP contribution is 2.90. The molecule has 7 aliphatic rings. The summed E-state index contributed by atoms with van der Waals surface area (Å²) in [6.45, 7) is 9.79. The first-order chi connectivity index (χ1) is 24.2. The largest absolute Gasteiger partial charge is 0.456 e. The van der Waals surface area contributed by atoms with Crippen molar-refractivity contribution >= 4 is 33.3 Å². The SMILES string of the molecule is CC1(C)CCC(C)(C)c2cc(N(C3=CC4C(C=C3)c3ccccc3C43C4CC5CC6CC3C64C5)c3cccc4oc5ccccc5c34)ccc21. The number of fused-ring (bicyclic) bond motifs is 12. The van der Waals surface area contributed by atoms with E-state index in [2.05, 4.69) is 136 Å². The van der Waals surface area contributed by atoms with E-state index in [1.54, 1.807) is 11.1 Å². The summed E-state index contributed by atoms with van der Waals surface area (Å²) in [7, 11) is 0. The van der Waals surface area contributed by atoms with Crippen LogP contribution >= 0.6 is 0 Å². The molecule has 0 saturated heterocycles. The molecule has 0 radical (unpaired) electrons. The van der Waals surface area contributed by atoms with Crippen molar-refractivity contribution in [1.29, 1.82) is 0 Å². The molecule has 4 fully saturated rings. The standard InChI is InChI=1S/C48H47NO/c1-45(2)20-21-46(3,4)38-26-31(17-19-36(38)45)49(39-13-9-15-41-44(39)34-11-6-8-14-40(34)50-41)30-16-18-33-32-10-5-7-12-35(32)48(37(33)25-30)42-23-28-22-29-24-43(48)47(29,42)27-28/h5-19,25-26,28-29,33,37,42-43H,20-24,27H2,1-4H3. The zero-order chi connectivity index (χ0) is 33.4. The van der Waals surface area contributed by atoms with Gasteiger partial charge in [0.2, 0.25) is 0 Å². The van der Waals surface area contributed by atoms with E-state index >= 15 is 0 Å². The lowest BCUT2D eigenvalue weighted by atomic mass is 9.26. The minimum absolute atomic E-state index is 0.128. The summed E-state index contributed by atoms with van der Waals surface area (Å²) in [6.07, 6.45) is 16.2. The second-order valence-corrected chi connectivity index (χ2v) is 18.8. The number of furan rings is 1. The van der Waals surface area contributed by atoms with E-state index in [1.807, 2.05) is 0 Å². The number of anilines is 2. The lowest BCUT2D eigenvalue weighted by Gasteiger charge is -2.78. The third kappa shape index (κ3) is 3.17. The molecular weight excluding hydrogens is 607 g/mol. The molecule has 4 saturated carbocycles. The van der Waals surface area contributed by atoms with Crippen LogP contribution in [0.25, 0.3) is 21.9 Å². The van der Waals surface area contributed by atoms with E-state index in [0.717, 1.165) is 34.8 Å². The second-order valence-electron chi connectivity index (χ2n) is 18.8. The van der Waals surface area contributed by atoms with Gasteiger partial charge in [-0.1, -0.05) is 94.4 Å². The number of benzene rings is 4. The molecule has 2 bridgehead atoms. The van der Waals surface area contributed by atoms with Crippen LogP contribution in [-0.2, 0) is 16.2 Å². The fourth-order valence-corrected chi connectivity index (χ4v) is 14.1. The van der Waals surface area contributed by atoms with Crippen LogP contribution in [0.5, 0.6) is 0 Å². The molecule has 12 rings (SSSR count). The topological polar surface area (TPSA) is 16.4 Å². The summed E-state index contributed by atoms with van der Waals surface area (Å²) in [5, 5.41) is 2.40. The number of rotatable bonds is 3. The quantitative estimate of drug-likeness (QED) is 0.193. The zero-order valence-electron chi connectivity index (χ0n) is 29.9. The summed E-state index contributed by atoms with van der Waals surface area (Å²) in [5.41, 5.74) is 13.3. The van der Waals surface area contributed by atoms with Gasteiger partial charge in [0.05, 0.1) is 11.1 Å². The zero-order valence-corrected chi connectivity index (χ0v) is 29.9. The summed E-state index contributed by atoms with van der Waals surface area (Å²) in [6, 6.07) is 32.4. The van der Waals surface area contributed by atoms with E-state index in [-0.39, 0.29) is 16.2 Å². The highest BCUT2D eigenvalue weighted by Gasteiger charge is 2.85. The summed E-state index contributed by atoms with van der Waals surface area (Å²) < 4.78 is 6.52. The Labute approximate surface area is 296 Å². The highest BCUT2D eigenvalue weighted by molar-refractivity contribution is 6.12. The van der Waals surface area contributed by atoms with Crippen molar-refractivity contribution in [3.8, 4) is 0 Å². The second kappa shape index (κ2) is 9.05. The van der Waals surface area contributed by atoms with Crippen LogP contribution in [0.3, 0.4) is 0 Å². The first-order valence-electron chi connectivity index (χ1n) is 19.6. The van der Waals surface area contributed by atoms with E-state index in [4.69, 9.17) is 4.42 Å². The van der Waals surface area contributed by atoms with E-state index in [9.17, 15) is 0 Å². The lowest BCUT2D eigenvalue weighted by molar-refractivity contribution is -0.259. The first-order valence-corrected chi connectivity index (χ1v) is 19.6. The minimum Gasteiger partial charge on any atom is -0.456 e. The Morgan fingerprint density at radius 3 is 2.38 bits per heavy atom. The molecule has 8 atom stereocenters. The third-order valence-electron chi connectivity index (χ3n) is 16.1. The molecule has 0 amide bonds. The van der Waals surface area contributed by atoms with Crippen molar-refractivity contribution in [3.05, 3.63) is 131 Å². The molecule has 1 heterocycles. The van der Waals surface area contributed by atoms with Crippen molar-refractivity contribution in [2.75, 3.05) is 4.90 Å². The molecule has 7 aliphatic carbocycles. The van der Waals surface area contributed by atoms with Crippen LogP contribution in [-0.4, -0.2) is 0 Å². The summed E-state index contributed by atoms with van der Waals surface area (Å²) in [4.78, 5) is 2.62. The maximum absolute atomic E-state index is 6.52. The van der Waals surface area contributed by atoms with Gasteiger partial charge in [0.25, 0.3) is 0 Å². The normalized spacial score (nSPS) is 35.6. The fourth-order valence-electron chi connectivity index (χ4n) is 14.1. The Morgan fingerprint density at radius 1 is 0.720 bits per heavy atom. The maximum Gasteiger partial charge on any atom is 0.137 e. The molecular formula is C48H47NO. The van der Waals surface area contributed by atoms with Gasteiger partial charge in [-0.3, -0.25) is 0 Å². The molecule has 0 aliphatic heterocycles. The van der Waals surface area contributed by atoms with Crippen molar-refractivity contribution < 1.29 is 4.42 Å². The van der Waals surface area contributed by atoms with Gasteiger partial charge in [0, 0.05) is 28.1 Å². The number of nitrogens with zero attached hydrogens (tertiary/aromatic N) is 1. The van der Waals surface area contributed by atoms with Gasteiger partial charge in [-0.05, 0) is 143 Å². The van der Waals surface area contributed by atoms with E-state index in [0.29, 0.717) is 17.3 Å². The molecule has 8 unspecified atom stereocenters. The van der Waals surface area contributed by atoms with Crippen molar-refractivity contribution in [2.24, 2.45) is 35.0 Å². The van der Waals surface area contributed by atoms with Gasteiger partial charge in [0.15, 0.2) is 0 Å². The van der Waals surface area contributed by atoms with Crippen LogP contribution in [0.4, 0.5) is 11.4 Å². The number of allylic oxidation sites excluding steroid dienone is 3. The van der Waals surface area contributed by atoms with Gasteiger partial charge in [-0.25, -0.2) is 0 Å². The smallest absolute Gasteiger partial charge is 0.137 e. The molecule has 2 nitrogen and oxygen atoms in total. The molecule has 1 aromatic heterocycles. The van der Waals surface area contributed by atoms with Crippen molar-refractivity contribution in [2.45, 2.75) is 88.4 Å². The number of para-hydroxylation sites is 1. The van der Waals surface area contributed by atoms with Gasteiger partial charge in [-0.2, -0.15) is 0 Å². The Balaban J connectivity index is 1.09. The Kier molecular flexibility index (Phi) is 5.19. The van der Waals surface area contributed by atoms with Gasteiger partial charge < -0.3 is 9.32 Å². The molecule has 250 valence electrons. The predicted octanol–water partition coefficient (Wildman–Crippen LogP) is 12.2. The van der Waals surface area contributed by atoms with Crippen molar-refractivity contribution in [3.63, 3.8) is 0 Å². The first kappa shape index (κ1) is 28.6. The van der Waals surface area contributed by atoms with E-state index in [1.165, 1.54) is 77.5 Å². The Bertz CT molecular complexity index is 2370. The van der Waals surface area contributed by atoms with Gasteiger partial charge >= 0.3 is 0 Å². The van der Waals surface area contributed by atoms with E-state index < -0.39 is 0 Å². The van der Waals surface area contributed by atoms with Crippen LogP contribution in [0.15, 0.2) is 113 Å². The maximum atomic E-state index is 6.52.